The van der Waals surface area contributed by atoms with Crippen LogP contribution in [0.3, 0.4) is 0 Å². The Balaban J connectivity index is 3.67. The van der Waals surface area contributed by atoms with Crippen LogP contribution in [0.4, 0.5) is 0 Å². The van der Waals surface area contributed by atoms with E-state index in [4.69, 9.17) is 14.6 Å². The standard InChI is InChI=1S/C33H60O7/c1-32(2,3)39-30(37)23-21-19-17-15-13-11-9-7-8-10-12-14-16-18-20-22-28(34)26-27(24-25-29(35)36)31(38)40-33(4,5)6/h27H,7-26H2,1-6H3,(H,35,36)/t27-/m1/s1. The van der Waals surface area contributed by atoms with E-state index in [9.17, 15) is 19.2 Å². The summed E-state index contributed by atoms with van der Waals surface area (Å²) in [7, 11) is 0. The summed E-state index contributed by atoms with van der Waals surface area (Å²) in [6.07, 6.45) is 18.6. The second-order valence-corrected chi connectivity index (χ2v) is 13.3. The van der Waals surface area contributed by atoms with Gasteiger partial charge in [-0.05, 0) is 60.8 Å². The van der Waals surface area contributed by atoms with E-state index in [2.05, 4.69) is 0 Å². The normalized spacial score (nSPS) is 12.7. The van der Waals surface area contributed by atoms with Crippen LogP contribution in [-0.2, 0) is 28.7 Å². The molecule has 0 aliphatic rings. The van der Waals surface area contributed by atoms with Gasteiger partial charge in [-0.25, -0.2) is 0 Å². The molecule has 0 heterocycles. The Morgan fingerprint density at radius 3 is 1.30 bits per heavy atom. The third-order valence-corrected chi connectivity index (χ3v) is 6.68. The minimum Gasteiger partial charge on any atom is -0.481 e. The number of unbranched alkanes of at least 4 members (excludes halogenated alkanes) is 14. The Hall–Kier alpha value is -1.92. The fourth-order valence-corrected chi connectivity index (χ4v) is 4.65. The van der Waals surface area contributed by atoms with Crippen molar-refractivity contribution in [2.75, 3.05) is 0 Å². The summed E-state index contributed by atoms with van der Waals surface area (Å²) in [5, 5.41) is 8.96. The average Bonchev–Trinajstić information content (AvgIpc) is 2.81. The molecule has 1 atom stereocenters. The first kappa shape index (κ1) is 38.1. The lowest BCUT2D eigenvalue weighted by molar-refractivity contribution is -0.161. The first-order chi connectivity index (χ1) is 18.7. The van der Waals surface area contributed by atoms with Crippen molar-refractivity contribution in [1.29, 1.82) is 0 Å². The van der Waals surface area contributed by atoms with E-state index < -0.39 is 23.5 Å². The van der Waals surface area contributed by atoms with Crippen molar-refractivity contribution < 1.29 is 33.8 Å². The van der Waals surface area contributed by atoms with Crippen LogP contribution in [0.5, 0.6) is 0 Å². The molecule has 0 rings (SSSR count). The van der Waals surface area contributed by atoms with Gasteiger partial charge in [-0.3, -0.25) is 19.2 Å². The number of hydrogen-bond donors (Lipinski definition) is 1. The summed E-state index contributed by atoms with van der Waals surface area (Å²) in [5.41, 5.74) is -1.04. The van der Waals surface area contributed by atoms with Crippen molar-refractivity contribution in [2.24, 2.45) is 5.92 Å². The van der Waals surface area contributed by atoms with Crippen LogP contribution in [0.25, 0.3) is 0 Å². The molecule has 0 fully saturated rings. The minimum atomic E-state index is -0.971. The minimum absolute atomic E-state index is 0.0158. The van der Waals surface area contributed by atoms with Gasteiger partial charge < -0.3 is 14.6 Å². The average molecular weight is 569 g/mol. The molecule has 0 aromatic heterocycles. The monoisotopic (exact) mass is 568 g/mol. The second-order valence-electron chi connectivity index (χ2n) is 13.3. The molecule has 0 spiro atoms. The van der Waals surface area contributed by atoms with Gasteiger partial charge in [0.2, 0.25) is 0 Å². The van der Waals surface area contributed by atoms with Gasteiger partial charge in [0.15, 0.2) is 0 Å². The predicted octanol–water partition coefficient (Wildman–Crippen LogP) is 8.74. The van der Waals surface area contributed by atoms with Gasteiger partial charge in [0, 0.05) is 25.7 Å². The smallest absolute Gasteiger partial charge is 0.309 e. The van der Waals surface area contributed by atoms with Gasteiger partial charge >= 0.3 is 17.9 Å². The van der Waals surface area contributed by atoms with Crippen molar-refractivity contribution in [3.8, 4) is 0 Å². The quantitative estimate of drug-likeness (QED) is 0.0916. The van der Waals surface area contributed by atoms with Crippen molar-refractivity contribution in [3.63, 3.8) is 0 Å². The fraction of sp³-hybridized carbons (Fsp3) is 0.879. The third kappa shape index (κ3) is 26.3. The van der Waals surface area contributed by atoms with Crippen molar-refractivity contribution in [2.45, 2.75) is 181 Å². The number of carboxylic acid groups (broad SMARTS) is 1. The Bertz CT molecular complexity index is 715. The highest BCUT2D eigenvalue weighted by Gasteiger charge is 2.27. The summed E-state index contributed by atoms with van der Waals surface area (Å²) in [6, 6.07) is 0. The molecule has 0 radical (unpaired) electrons. The molecule has 0 aliphatic carbocycles. The van der Waals surface area contributed by atoms with E-state index in [0.717, 1.165) is 32.1 Å². The van der Waals surface area contributed by atoms with Crippen LogP contribution in [0.15, 0.2) is 0 Å². The molecule has 0 aromatic carbocycles. The highest BCUT2D eigenvalue weighted by atomic mass is 16.6. The van der Waals surface area contributed by atoms with E-state index in [1.165, 1.54) is 64.2 Å². The molecule has 40 heavy (non-hydrogen) atoms. The van der Waals surface area contributed by atoms with Gasteiger partial charge in [-0.2, -0.15) is 0 Å². The molecule has 0 unspecified atom stereocenters. The van der Waals surface area contributed by atoms with Crippen LogP contribution in [0.2, 0.25) is 0 Å². The molecule has 0 saturated heterocycles. The first-order valence-electron chi connectivity index (χ1n) is 15.9. The van der Waals surface area contributed by atoms with E-state index in [-0.39, 0.29) is 36.6 Å². The third-order valence-electron chi connectivity index (χ3n) is 6.68. The summed E-state index contributed by atoms with van der Waals surface area (Å²) in [5.74, 6) is -2.20. The van der Waals surface area contributed by atoms with Crippen LogP contribution in [0.1, 0.15) is 170 Å². The predicted molar refractivity (Wildman–Crippen MR) is 160 cm³/mol. The molecule has 234 valence electrons. The lowest BCUT2D eigenvalue weighted by atomic mass is 9.94. The number of Topliss-reactive ketones (excluding diaryl/α,β-unsaturated/α-hetero) is 1. The maximum absolute atomic E-state index is 12.4. The number of esters is 2. The number of carbonyl (C=O) groups excluding carboxylic acids is 3. The van der Waals surface area contributed by atoms with Gasteiger partial charge in [-0.15, -0.1) is 0 Å². The van der Waals surface area contributed by atoms with E-state index in [1.807, 2.05) is 20.8 Å². The number of ketones is 1. The molecular formula is C33H60O7. The molecule has 7 nitrogen and oxygen atoms in total. The number of rotatable bonds is 24. The molecule has 0 bridgehead atoms. The highest BCUT2D eigenvalue weighted by molar-refractivity contribution is 5.84. The van der Waals surface area contributed by atoms with Gasteiger partial charge in [-0.1, -0.05) is 83.5 Å². The number of ether oxygens (including phenoxy) is 2. The summed E-state index contributed by atoms with van der Waals surface area (Å²) in [4.78, 5) is 47.4. The lowest BCUT2D eigenvalue weighted by Crippen LogP contribution is -2.30. The Morgan fingerprint density at radius 2 is 0.925 bits per heavy atom. The van der Waals surface area contributed by atoms with Gasteiger partial charge in [0.05, 0.1) is 5.92 Å². The number of aliphatic carboxylic acids is 1. The van der Waals surface area contributed by atoms with Crippen molar-refractivity contribution >= 4 is 23.7 Å². The van der Waals surface area contributed by atoms with E-state index >= 15 is 0 Å². The summed E-state index contributed by atoms with van der Waals surface area (Å²) in [6.45, 7) is 11.0. The molecular weight excluding hydrogens is 508 g/mol. The zero-order chi connectivity index (χ0) is 30.4. The topological polar surface area (TPSA) is 107 Å². The second kappa shape index (κ2) is 21.8. The van der Waals surface area contributed by atoms with Crippen LogP contribution >= 0.6 is 0 Å². The lowest BCUT2D eigenvalue weighted by Gasteiger charge is -2.23. The maximum atomic E-state index is 12.4. The van der Waals surface area contributed by atoms with Crippen LogP contribution in [-0.4, -0.2) is 40.0 Å². The molecule has 7 heteroatoms. The van der Waals surface area contributed by atoms with Crippen molar-refractivity contribution in [1.82, 2.24) is 0 Å². The number of carboxylic acids is 1. The number of carbonyl (C=O) groups is 4. The summed E-state index contributed by atoms with van der Waals surface area (Å²) < 4.78 is 10.7. The number of hydrogen-bond acceptors (Lipinski definition) is 6. The Kier molecular flexibility index (Phi) is 20.7. The molecule has 0 aliphatic heterocycles. The molecule has 0 amide bonds. The molecule has 0 aromatic rings. The first-order valence-corrected chi connectivity index (χ1v) is 15.9. The highest BCUT2D eigenvalue weighted by Crippen LogP contribution is 2.21. The maximum Gasteiger partial charge on any atom is 0.309 e. The molecule has 1 N–H and O–H groups in total. The SMILES string of the molecule is CC(C)(C)OC(=O)CCCCCCCCCCCCCCCCCC(=O)C[C@@H](CCC(=O)O)C(=O)OC(C)(C)C. The zero-order valence-corrected chi connectivity index (χ0v) is 26.6. The fourth-order valence-electron chi connectivity index (χ4n) is 4.65. The summed E-state index contributed by atoms with van der Waals surface area (Å²) >= 11 is 0. The molecule has 0 saturated carbocycles. The van der Waals surface area contributed by atoms with Gasteiger partial charge in [0.25, 0.3) is 0 Å². The Morgan fingerprint density at radius 1 is 0.550 bits per heavy atom. The van der Waals surface area contributed by atoms with Gasteiger partial charge in [0.1, 0.15) is 17.0 Å². The van der Waals surface area contributed by atoms with Crippen LogP contribution in [0, 0.1) is 5.92 Å². The van der Waals surface area contributed by atoms with Crippen LogP contribution < -0.4 is 0 Å². The zero-order valence-electron chi connectivity index (χ0n) is 26.6. The largest absolute Gasteiger partial charge is 0.481 e. The van der Waals surface area contributed by atoms with E-state index in [1.54, 1.807) is 20.8 Å². The van der Waals surface area contributed by atoms with Crippen molar-refractivity contribution in [3.05, 3.63) is 0 Å². The Labute approximate surface area is 244 Å². The van der Waals surface area contributed by atoms with E-state index in [0.29, 0.717) is 12.8 Å².